The number of hydrogen-bond donors (Lipinski definition) is 0. The molecule has 0 aromatic heterocycles. The molecule has 0 N–H and O–H groups in total. The summed E-state index contributed by atoms with van der Waals surface area (Å²) in [6, 6.07) is 33.1. The van der Waals surface area contributed by atoms with Crippen molar-refractivity contribution in [2.45, 2.75) is 17.0 Å². The van der Waals surface area contributed by atoms with Gasteiger partial charge < -0.3 is 0 Å². The van der Waals surface area contributed by atoms with Crippen molar-refractivity contribution in [3.05, 3.63) is 91.0 Å². The standard InChI is InChI=1S/C21H21IP/c1-21(2,22)23(18-12-6-3-7-13-18,19-14-8-4-9-15-19)20-16-10-5-11-17-20/h3-17H,1-2H3/q+1. The Bertz CT molecular complexity index is 649. The Hall–Kier alpha value is -1.18. The van der Waals surface area contributed by atoms with Crippen molar-refractivity contribution in [2.24, 2.45) is 0 Å². The van der Waals surface area contributed by atoms with Crippen LogP contribution in [0, 0.1) is 0 Å². The largest absolute Gasteiger partial charge is 0.138 e. The molecule has 0 unspecified atom stereocenters. The first-order valence-corrected chi connectivity index (χ1v) is 10.7. The van der Waals surface area contributed by atoms with E-state index in [0.717, 1.165) is 0 Å². The van der Waals surface area contributed by atoms with E-state index in [1.807, 2.05) is 0 Å². The van der Waals surface area contributed by atoms with E-state index in [-0.39, 0.29) is 3.16 Å². The van der Waals surface area contributed by atoms with Crippen LogP contribution in [0.15, 0.2) is 91.0 Å². The third-order valence-corrected chi connectivity index (χ3v) is 11.2. The zero-order chi connectivity index (χ0) is 16.3. The van der Waals surface area contributed by atoms with Crippen LogP contribution in [0.3, 0.4) is 0 Å². The minimum absolute atomic E-state index is 0.106. The van der Waals surface area contributed by atoms with E-state index in [9.17, 15) is 0 Å². The summed E-state index contributed by atoms with van der Waals surface area (Å²) >= 11 is 2.65. The summed E-state index contributed by atoms with van der Waals surface area (Å²) in [6.45, 7) is 4.74. The second kappa shape index (κ2) is 6.75. The smallest absolute Gasteiger partial charge is 0.0620 e. The summed E-state index contributed by atoms with van der Waals surface area (Å²) in [5, 5.41) is 4.32. The summed E-state index contributed by atoms with van der Waals surface area (Å²) in [5.74, 6) is 0. The Labute approximate surface area is 153 Å². The fraction of sp³-hybridized carbons (Fsp3) is 0.143. The molecule has 0 saturated carbocycles. The lowest BCUT2D eigenvalue weighted by Gasteiger charge is -2.36. The SMILES string of the molecule is CC(C)(I)[P+](c1ccccc1)(c1ccccc1)c1ccccc1. The van der Waals surface area contributed by atoms with Gasteiger partial charge in [0.25, 0.3) is 0 Å². The molecule has 0 fully saturated rings. The molecule has 0 aliphatic rings. The third-order valence-electron chi connectivity index (χ3n) is 4.23. The second-order valence-corrected chi connectivity index (χ2v) is 13.6. The minimum Gasteiger partial charge on any atom is -0.0620 e. The molecular weight excluding hydrogens is 410 g/mol. The van der Waals surface area contributed by atoms with Gasteiger partial charge in [-0.1, -0.05) is 54.6 Å². The van der Waals surface area contributed by atoms with Gasteiger partial charge >= 0.3 is 0 Å². The Morgan fingerprint density at radius 1 is 0.565 bits per heavy atom. The van der Waals surface area contributed by atoms with E-state index in [0.29, 0.717) is 0 Å². The quantitative estimate of drug-likeness (QED) is 0.305. The Morgan fingerprint density at radius 2 is 0.826 bits per heavy atom. The predicted octanol–water partition coefficient (Wildman–Crippen LogP) is 5.15. The van der Waals surface area contributed by atoms with Crippen molar-refractivity contribution in [1.82, 2.24) is 0 Å². The molecule has 0 amide bonds. The maximum absolute atomic E-state index is 2.65. The van der Waals surface area contributed by atoms with Crippen molar-refractivity contribution < 1.29 is 0 Å². The molecule has 0 bridgehead atoms. The minimum atomic E-state index is -1.75. The maximum atomic E-state index is 2.65. The van der Waals surface area contributed by atoms with Crippen LogP contribution in [0.5, 0.6) is 0 Å². The molecule has 0 heterocycles. The highest BCUT2D eigenvalue weighted by Gasteiger charge is 2.56. The number of halogens is 1. The van der Waals surface area contributed by atoms with E-state index in [4.69, 9.17) is 0 Å². The Morgan fingerprint density at radius 3 is 1.04 bits per heavy atom. The van der Waals surface area contributed by atoms with E-state index in [1.54, 1.807) is 0 Å². The topological polar surface area (TPSA) is 0 Å². The lowest BCUT2D eigenvalue weighted by molar-refractivity contribution is 1.05. The molecule has 0 aliphatic heterocycles. The van der Waals surface area contributed by atoms with Crippen molar-refractivity contribution >= 4 is 45.8 Å². The van der Waals surface area contributed by atoms with Crippen LogP contribution in [0.25, 0.3) is 0 Å². The summed E-state index contributed by atoms with van der Waals surface area (Å²) in [6.07, 6.45) is 0. The van der Waals surface area contributed by atoms with Crippen molar-refractivity contribution in [1.29, 1.82) is 0 Å². The summed E-state index contributed by atoms with van der Waals surface area (Å²) in [7, 11) is -1.75. The van der Waals surface area contributed by atoms with Crippen LogP contribution in [-0.4, -0.2) is 3.16 Å². The van der Waals surface area contributed by atoms with Gasteiger partial charge in [-0.15, -0.1) is 0 Å². The van der Waals surface area contributed by atoms with Gasteiger partial charge in [-0.3, -0.25) is 0 Å². The fourth-order valence-corrected chi connectivity index (χ4v) is 10.4. The van der Waals surface area contributed by atoms with E-state index in [1.165, 1.54) is 15.9 Å². The first kappa shape index (κ1) is 16.7. The first-order chi connectivity index (χ1) is 11.1. The van der Waals surface area contributed by atoms with Gasteiger partial charge in [0.2, 0.25) is 0 Å². The summed E-state index contributed by atoms with van der Waals surface area (Å²) in [5.41, 5.74) is 0. The monoisotopic (exact) mass is 431 g/mol. The number of alkyl halides is 1. The summed E-state index contributed by atoms with van der Waals surface area (Å²) in [4.78, 5) is 0. The van der Waals surface area contributed by atoms with Crippen LogP contribution in [-0.2, 0) is 0 Å². The second-order valence-electron chi connectivity index (χ2n) is 6.09. The number of benzene rings is 3. The predicted molar refractivity (Wildman–Crippen MR) is 113 cm³/mol. The van der Waals surface area contributed by atoms with Crippen LogP contribution < -0.4 is 15.9 Å². The number of hydrogen-bond acceptors (Lipinski definition) is 0. The highest BCUT2D eigenvalue weighted by atomic mass is 127. The fourth-order valence-electron chi connectivity index (χ4n) is 3.32. The van der Waals surface area contributed by atoms with E-state index >= 15 is 0 Å². The van der Waals surface area contributed by atoms with Gasteiger partial charge in [0, 0.05) is 0 Å². The zero-order valence-electron chi connectivity index (χ0n) is 13.5. The summed E-state index contributed by atoms with van der Waals surface area (Å²) < 4.78 is 0.106. The molecule has 0 spiro atoms. The normalized spacial score (nSPS) is 12.1. The lowest BCUT2D eigenvalue weighted by Crippen LogP contribution is -2.40. The van der Waals surface area contributed by atoms with Gasteiger partial charge in [0.1, 0.15) is 26.3 Å². The molecule has 0 saturated heterocycles. The van der Waals surface area contributed by atoms with E-state index < -0.39 is 7.26 Å². The number of rotatable bonds is 4. The van der Waals surface area contributed by atoms with Gasteiger partial charge in [0.05, 0.1) is 0 Å². The van der Waals surface area contributed by atoms with Crippen LogP contribution in [0.2, 0.25) is 0 Å². The Balaban J connectivity index is 2.41. The zero-order valence-corrected chi connectivity index (χ0v) is 16.5. The highest BCUT2D eigenvalue weighted by molar-refractivity contribution is 14.1. The molecule has 3 rings (SSSR count). The average Bonchev–Trinajstić information content (AvgIpc) is 2.57. The van der Waals surface area contributed by atoms with Gasteiger partial charge in [-0.2, -0.15) is 0 Å². The molecule has 0 nitrogen and oxygen atoms in total. The van der Waals surface area contributed by atoms with Crippen LogP contribution in [0.4, 0.5) is 0 Å². The van der Waals surface area contributed by atoms with E-state index in [2.05, 4.69) is 127 Å². The van der Waals surface area contributed by atoms with Crippen LogP contribution in [0.1, 0.15) is 13.8 Å². The molecule has 116 valence electrons. The molecule has 0 aliphatic carbocycles. The Kier molecular flexibility index (Phi) is 4.89. The third kappa shape index (κ3) is 2.97. The average molecular weight is 431 g/mol. The van der Waals surface area contributed by atoms with Crippen molar-refractivity contribution in [3.8, 4) is 0 Å². The molecule has 3 aromatic carbocycles. The molecule has 23 heavy (non-hydrogen) atoms. The molecule has 0 radical (unpaired) electrons. The lowest BCUT2D eigenvalue weighted by atomic mass is 10.3. The molecule has 2 heteroatoms. The van der Waals surface area contributed by atoms with Crippen molar-refractivity contribution in [3.63, 3.8) is 0 Å². The van der Waals surface area contributed by atoms with Gasteiger partial charge in [0.15, 0.2) is 0 Å². The molecule has 0 atom stereocenters. The maximum Gasteiger partial charge on any atom is 0.138 e. The van der Waals surface area contributed by atoms with Gasteiger partial charge in [-0.25, -0.2) is 0 Å². The first-order valence-electron chi connectivity index (χ1n) is 7.82. The highest BCUT2D eigenvalue weighted by Crippen LogP contribution is 2.68. The van der Waals surface area contributed by atoms with Gasteiger partial charge in [-0.05, 0) is 72.8 Å². The molecular formula is C21H21IP+. The molecule has 3 aromatic rings. The van der Waals surface area contributed by atoms with Crippen LogP contribution >= 0.6 is 29.9 Å². The van der Waals surface area contributed by atoms with Crippen molar-refractivity contribution in [2.75, 3.05) is 0 Å².